The summed E-state index contributed by atoms with van der Waals surface area (Å²) in [5, 5.41) is 9.48. The number of hydrogen-bond donors (Lipinski definition) is 2. The second-order valence-electron chi connectivity index (χ2n) is 4.25. The third-order valence-corrected chi connectivity index (χ3v) is 3.50. The standard InChI is InChI=1S/C14H12BrN3O/c15-9-1-4-11(5-2-9)18-13-6-3-10(16)7-12(13)17-14(18)8-19/h1-7,19H,8,16H2. The molecule has 0 atom stereocenters. The molecule has 2 aromatic carbocycles. The Balaban J connectivity index is 2.29. The molecule has 3 rings (SSSR count). The molecule has 3 N–H and O–H groups in total. The van der Waals surface area contributed by atoms with Gasteiger partial charge in [-0.3, -0.25) is 4.57 Å². The number of anilines is 1. The summed E-state index contributed by atoms with van der Waals surface area (Å²) in [5.74, 6) is 0.600. The van der Waals surface area contributed by atoms with Crippen LogP contribution in [-0.4, -0.2) is 14.7 Å². The van der Waals surface area contributed by atoms with Crippen LogP contribution in [0.2, 0.25) is 0 Å². The number of aromatic nitrogens is 2. The summed E-state index contributed by atoms with van der Waals surface area (Å²) in [5.41, 5.74) is 9.10. The highest BCUT2D eigenvalue weighted by atomic mass is 79.9. The number of nitrogen functional groups attached to an aromatic ring is 1. The number of benzene rings is 2. The number of halogens is 1. The van der Waals surface area contributed by atoms with E-state index in [-0.39, 0.29) is 6.61 Å². The summed E-state index contributed by atoms with van der Waals surface area (Å²) < 4.78 is 2.94. The van der Waals surface area contributed by atoms with Crippen LogP contribution in [0.3, 0.4) is 0 Å². The summed E-state index contributed by atoms with van der Waals surface area (Å²) >= 11 is 3.41. The minimum Gasteiger partial charge on any atom is -0.399 e. The smallest absolute Gasteiger partial charge is 0.140 e. The molecular formula is C14H12BrN3O. The van der Waals surface area contributed by atoms with Crippen LogP contribution in [-0.2, 0) is 6.61 Å². The maximum absolute atomic E-state index is 9.48. The highest BCUT2D eigenvalue weighted by Gasteiger charge is 2.11. The second-order valence-corrected chi connectivity index (χ2v) is 5.16. The Morgan fingerprint density at radius 2 is 1.89 bits per heavy atom. The first-order valence-electron chi connectivity index (χ1n) is 5.82. The van der Waals surface area contributed by atoms with Gasteiger partial charge in [-0.05, 0) is 42.5 Å². The van der Waals surface area contributed by atoms with E-state index in [1.165, 1.54) is 0 Å². The van der Waals surface area contributed by atoms with E-state index in [0.29, 0.717) is 11.5 Å². The lowest BCUT2D eigenvalue weighted by atomic mass is 10.2. The van der Waals surface area contributed by atoms with Crippen molar-refractivity contribution in [2.45, 2.75) is 6.61 Å². The van der Waals surface area contributed by atoms with Gasteiger partial charge in [-0.15, -0.1) is 0 Å². The van der Waals surface area contributed by atoms with E-state index in [9.17, 15) is 5.11 Å². The van der Waals surface area contributed by atoms with Gasteiger partial charge >= 0.3 is 0 Å². The number of nitrogens with zero attached hydrogens (tertiary/aromatic N) is 2. The summed E-state index contributed by atoms with van der Waals surface area (Å²) in [4.78, 5) is 4.41. The quantitative estimate of drug-likeness (QED) is 0.714. The summed E-state index contributed by atoms with van der Waals surface area (Å²) in [6.07, 6.45) is 0. The second kappa shape index (κ2) is 4.68. The van der Waals surface area contributed by atoms with Crippen molar-refractivity contribution in [3.05, 3.63) is 52.8 Å². The predicted octanol–water partition coefficient (Wildman–Crippen LogP) is 2.86. The molecule has 1 heterocycles. The van der Waals surface area contributed by atoms with E-state index in [1.807, 2.05) is 47.0 Å². The van der Waals surface area contributed by atoms with Gasteiger partial charge in [-0.25, -0.2) is 4.98 Å². The zero-order chi connectivity index (χ0) is 13.4. The fraction of sp³-hybridized carbons (Fsp3) is 0.0714. The van der Waals surface area contributed by atoms with E-state index in [1.54, 1.807) is 0 Å². The normalized spacial score (nSPS) is 11.1. The lowest BCUT2D eigenvalue weighted by Crippen LogP contribution is -2.00. The van der Waals surface area contributed by atoms with Crippen molar-refractivity contribution in [1.29, 1.82) is 0 Å². The van der Waals surface area contributed by atoms with E-state index >= 15 is 0 Å². The minimum absolute atomic E-state index is 0.120. The summed E-state index contributed by atoms with van der Waals surface area (Å²) in [7, 11) is 0. The van der Waals surface area contributed by atoms with Crippen molar-refractivity contribution in [2.75, 3.05) is 5.73 Å². The molecule has 0 fully saturated rings. The molecule has 1 aromatic heterocycles. The van der Waals surface area contributed by atoms with Crippen molar-refractivity contribution >= 4 is 32.7 Å². The first-order valence-corrected chi connectivity index (χ1v) is 6.62. The average Bonchev–Trinajstić information content (AvgIpc) is 2.77. The SMILES string of the molecule is Nc1ccc2c(c1)nc(CO)n2-c1ccc(Br)cc1. The van der Waals surface area contributed by atoms with Gasteiger partial charge in [0.2, 0.25) is 0 Å². The number of nitrogens with two attached hydrogens (primary N) is 1. The first-order chi connectivity index (χ1) is 9.19. The van der Waals surface area contributed by atoms with E-state index in [0.717, 1.165) is 21.2 Å². The van der Waals surface area contributed by atoms with E-state index < -0.39 is 0 Å². The van der Waals surface area contributed by atoms with Crippen LogP contribution in [0.4, 0.5) is 5.69 Å². The van der Waals surface area contributed by atoms with Crippen LogP contribution in [0.1, 0.15) is 5.82 Å². The third-order valence-electron chi connectivity index (χ3n) is 2.97. The molecular weight excluding hydrogens is 306 g/mol. The van der Waals surface area contributed by atoms with Gasteiger partial charge in [0.1, 0.15) is 12.4 Å². The predicted molar refractivity (Wildman–Crippen MR) is 79.1 cm³/mol. The highest BCUT2D eigenvalue weighted by molar-refractivity contribution is 9.10. The Hall–Kier alpha value is -1.85. The summed E-state index contributed by atoms with van der Waals surface area (Å²) in [6.45, 7) is -0.120. The molecule has 5 heteroatoms. The van der Waals surface area contributed by atoms with Crippen molar-refractivity contribution in [3.8, 4) is 5.69 Å². The van der Waals surface area contributed by atoms with Crippen LogP contribution in [0.25, 0.3) is 16.7 Å². The molecule has 0 saturated carbocycles. The first kappa shape index (κ1) is 12.2. The monoisotopic (exact) mass is 317 g/mol. The van der Waals surface area contributed by atoms with Crippen molar-refractivity contribution < 1.29 is 5.11 Å². The number of hydrogen-bond acceptors (Lipinski definition) is 3. The molecule has 0 bridgehead atoms. The zero-order valence-corrected chi connectivity index (χ0v) is 11.6. The molecule has 0 radical (unpaired) electrons. The Labute approximate surface area is 118 Å². The Bertz CT molecular complexity index is 734. The average molecular weight is 318 g/mol. The van der Waals surface area contributed by atoms with Gasteiger partial charge in [0.25, 0.3) is 0 Å². The maximum Gasteiger partial charge on any atom is 0.140 e. The van der Waals surface area contributed by atoms with Crippen LogP contribution in [0.15, 0.2) is 46.9 Å². The fourth-order valence-electron chi connectivity index (χ4n) is 2.13. The van der Waals surface area contributed by atoms with Crippen LogP contribution in [0, 0.1) is 0 Å². The molecule has 0 aliphatic carbocycles. The number of aliphatic hydroxyl groups excluding tert-OH is 1. The number of fused-ring (bicyclic) bond motifs is 1. The molecule has 96 valence electrons. The fourth-order valence-corrected chi connectivity index (χ4v) is 2.40. The number of imidazole rings is 1. The lowest BCUT2D eigenvalue weighted by molar-refractivity contribution is 0.270. The minimum atomic E-state index is -0.120. The largest absolute Gasteiger partial charge is 0.399 e. The molecule has 0 aliphatic rings. The molecule has 19 heavy (non-hydrogen) atoms. The zero-order valence-electron chi connectivity index (χ0n) is 10.0. The van der Waals surface area contributed by atoms with Gasteiger partial charge in [-0.1, -0.05) is 15.9 Å². The maximum atomic E-state index is 9.48. The van der Waals surface area contributed by atoms with Gasteiger partial charge in [0, 0.05) is 15.8 Å². The summed E-state index contributed by atoms with van der Waals surface area (Å²) in [6, 6.07) is 13.4. The van der Waals surface area contributed by atoms with Crippen LogP contribution < -0.4 is 5.73 Å². The number of rotatable bonds is 2. The molecule has 0 spiro atoms. The van der Waals surface area contributed by atoms with Crippen LogP contribution in [0.5, 0.6) is 0 Å². The van der Waals surface area contributed by atoms with Gasteiger partial charge in [-0.2, -0.15) is 0 Å². The molecule has 4 nitrogen and oxygen atoms in total. The molecule has 0 unspecified atom stereocenters. The number of aliphatic hydroxyl groups is 1. The van der Waals surface area contributed by atoms with Gasteiger partial charge < -0.3 is 10.8 Å². The van der Waals surface area contributed by atoms with Gasteiger partial charge in [0.15, 0.2) is 0 Å². The van der Waals surface area contributed by atoms with E-state index in [2.05, 4.69) is 20.9 Å². The van der Waals surface area contributed by atoms with Crippen LogP contribution >= 0.6 is 15.9 Å². The lowest BCUT2D eigenvalue weighted by Gasteiger charge is -2.08. The third kappa shape index (κ3) is 2.11. The van der Waals surface area contributed by atoms with Crippen molar-refractivity contribution in [2.24, 2.45) is 0 Å². The Morgan fingerprint density at radius 3 is 2.58 bits per heavy atom. The molecule has 3 aromatic rings. The highest BCUT2D eigenvalue weighted by Crippen LogP contribution is 2.24. The molecule has 0 saturated heterocycles. The molecule has 0 amide bonds. The molecule has 0 aliphatic heterocycles. The topological polar surface area (TPSA) is 64.1 Å². The van der Waals surface area contributed by atoms with Gasteiger partial charge in [0.05, 0.1) is 11.0 Å². The Kier molecular flexibility index (Phi) is 3.00. The Morgan fingerprint density at radius 1 is 1.16 bits per heavy atom. The van der Waals surface area contributed by atoms with E-state index in [4.69, 9.17) is 5.73 Å². The van der Waals surface area contributed by atoms with Crippen molar-refractivity contribution in [1.82, 2.24) is 9.55 Å². The van der Waals surface area contributed by atoms with Crippen molar-refractivity contribution in [3.63, 3.8) is 0 Å².